The topological polar surface area (TPSA) is 64.7 Å². The summed E-state index contributed by atoms with van der Waals surface area (Å²) in [4.78, 5) is 28.7. The zero-order valence-electron chi connectivity index (χ0n) is 19.7. The van der Waals surface area contributed by atoms with Gasteiger partial charge in [-0.05, 0) is 54.6 Å². The normalized spacial score (nSPS) is 14.3. The molecule has 12 heteroatoms. The first-order valence-electron chi connectivity index (χ1n) is 11.5. The first-order valence-corrected chi connectivity index (χ1v) is 11.5. The number of nitrogens with zero attached hydrogens (tertiary/aromatic N) is 2. The Morgan fingerprint density at radius 1 is 0.658 bits per heavy atom. The molecule has 0 bridgehead atoms. The number of amides is 3. The first-order chi connectivity index (χ1) is 17.9. The summed E-state index contributed by atoms with van der Waals surface area (Å²) in [7, 11) is 0. The van der Waals surface area contributed by atoms with Crippen LogP contribution < -0.4 is 15.5 Å². The molecule has 0 radical (unpaired) electrons. The number of halogens is 6. The van der Waals surface area contributed by atoms with Crippen LogP contribution in [0.4, 0.5) is 48.2 Å². The molecule has 200 valence electrons. The Hall–Kier alpha value is -4.22. The maximum Gasteiger partial charge on any atom is 0.416 e. The Morgan fingerprint density at radius 3 is 1.71 bits per heavy atom. The van der Waals surface area contributed by atoms with E-state index in [2.05, 4.69) is 10.2 Å². The summed E-state index contributed by atoms with van der Waals surface area (Å²) in [5.41, 5.74) is -1.98. The molecule has 3 amide bonds. The molecule has 0 saturated carbocycles. The quantitative estimate of drug-likeness (QED) is 0.383. The van der Waals surface area contributed by atoms with Crippen molar-refractivity contribution in [3.8, 4) is 0 Å². The average Bonchev–Trinajstić information content (AvgIpc) is 2.88. The van der Waals surface area contributed by atoms with E-state index in [9.17, 15) is 35.9 Å². The van der Waals surface area contributed by atoms with Crippen molar-refractivity contribution >= 4 is 29.0 Å². The lowest BCUT2D eigenvalue weighted by Crippen LogP contribution is -2.48. The molecule has 0 aliphatic carbocycles. The van der Waals surface area contributed by atoms with Gasteiger partial charge in [-0.25, -0.2) is 4.79 Å². The minimum Gasteiger partial charge on any atom is -0.368 e. The third kappa shape index (κ3) is 6.55. The van der Waals surface area contributed by atoms with Crippen LogP contribution in [0.25, 0.3) is 0 Å². The Kier molecular flexibility index (Phi) is 7.51. The highest BCUT2D eigenvalue weighted by atomic mass is 19.4. The molecule has 3 aromatic carbocycles. The number of nitrogens with one attached hydrogen (secondary N) is 2. The Labute approximate surface area is 213 Å². The Morgan fingerprint density at radius 2 is 1.18 bits per heavy atom. The van der Waals surface area contributed by atoms with Gasteiger partial charge in [0.1, 0.15) is 0 Å². The second-order valence-electron chi connectivity index (χ2n) is 8.57. The van der Waals surface area contributed by atoms with E-state index in [0.717, 1.165) is 5.69 Å². The van der Waals surface area contributed by atoms with Crippen molar-refractivity contribution < 1.29 is 35.9 Å². The van der Waals surface area contributed by atoms with E-state index in [0.29, 0.717) is 43.9 Å². The zero-order chi connectivity index (χ0) is 27.5. The van der Waals surface area contributed by atoms with Gasteiger partial charge in [-0.1, -0.05) is 18.2 Å². The molecule has 6 nitrogen and oxygen atoms in total. The fourth-order valence-electron chi connectivity index (χ4n) is 4.01. The molecular formula is C26H22F6N4O2. The highest BCUT2D eigenvalue weighted by molar-refractivity contribution is 6.00. The van der Waals surface area contributed by atoms with Gasteiger partial charge < -0.3 is 20.4 Å². The van der Waals surface area contributed by atoms with Crippen LogP contribution in [0.5, 0.6) is 0 Å². The van der Waals surface area contributed by atoms with Crippen molar-refractivity contribution in [1.82, 2.24) is 4.90 Å². The summed E-state index contributed by atoms with van der Waals surface area (Å²) in [6, 6.07) is 15.4. The molecule has 0 atom stereocenters. The highest BCUT2D eigenvalue weighted by Crippen LogP contribution is 2.37. The third-order valence-corrected chi connectivity index (χ3v) is 5.92. The molecule has 3 aromatic rings. The predicted molar refractivity (Wildman–Crippen MR) is 130 cm³/mol. The van der Waals surface area contributed by atoms with Crippen LogP contribution in [0.3, 0.4) is 0 Å². The summed E-state index contributed by atoms with van der Waals surface area (Å²) in [6.45, 7) is 2.21. The number of benzene rings is 3. The molecule has 0 aromatic heterocycles. The largest absolute Gasteiger partial charge is 0.416 e. The predicted octanol–water partition coefficient (Wildman–Crippen LogP) is 6.33. The molecule has 1 aliphatic rings. The van der Waals surface area contributed by atoms with Crippen molar-refractivity contribution in [2.24, 2.45) is 0 Å². The fourth-order valence-corrected chi connectivity index (χ4v) is 4.01. The lowest BCUT2D eigenvalue weighted by atomic mass is 10.1. The Balaban J connectivity index is 1.35. The van der Waals surface area contributed by atoms with Gasteiger partial charge in [-0.3, -0.25) is 4.79 Å². The van der Waals surface area contributed by atoms with Crippen LogP contribution >= 0.6 is 0 Å². The molecule has 4 rings (SSSR count). The molecule has 38 heavy (non-hydrogen) atoms. The van der Waals surface area contributed by atoms with Crippen LogP contribution in [0.15, 0.2) is 72.8 Å². The van der Waals surface area contributed by atoms with Gasteiger partial charge in [0.25, 0.3) is 5.91 Å². The van der Waals surface area contributed by atoms with Crippen molar-refractivity contribution in [3.63, 3.8) is 0 Å². The number of alkyl halides is 6. The van der Waals surface area contributed by atoms with Gasteiger partial charge in [0.05, 0.1) is 11.1 Å². The summed E-state index contributed by atoms with van der Waals surface area (Å²) >= 11 is 0. The number of anilines is 3. The van der Waals surface area contributed by atoms with Gasteiger partial charge in [0.15, 0.2) is 0 Å². The SMILES string of the molecule is O=C(Nc1ccc(N2CCN(C(=O)c3ccccc3)CC2)cc1)Nc1cc(C(F)(F)F)cc(C(F)(F)F)c1. The summed E-state index contributed by atoms with van der Waals surface area (Å²) in [5, 5.41) is 4.42. The zero-order valence-corrected chi connectivity index (χ0v) is 19.7. The van der Waals surface area contributed by atoms with Crippen LogP contribution in [0.1, 0.15) is 21.5 Å². The van der Waals surface area contributed by atoms with Crippen LogP contribution in [0, 0.1) is 0 Å². The van der Waals surface area contributed by atoms with E-state index in [1.165, 1.54) is 0 Å². The number of rotatable bonds is 4. The lowest BCUT2D eigenvalue weighted by molar-refractivity contribution is -0.143. The smallest absolute Gasteiger partial charge is 0.368 e. The number of hydrogen-bond donors (Lipinski definition) is 2. The first kappa shape index (κ1) is 26.8. The number of carbonyl (C=O) groups is 2. The molecule has 0 spiro atoms. The van der Waals surface area contributed by atoms with Gasteiger partial charge in [0, 0.05) is 48.8 Å². The minimum atomic E-state index is -5.02. The highest BCUT2D eigenvalue weighted by Gasteiger charge is 2.37. The molecule has 1 saturated heterocycles. The van der Waals surface area contributed by atoms with Gasteiger partial charge >= 0.3 is 18.4 Å². The molecule has 1 aliphatic heterocycles. The molecule has 2 N–H and O–H groups in total. The second-order valence-corrected chi connectivity index (χ2v) is 8.57. The molecule has 1 heterocycles. The van der Waals surface area contributed by atoms with Crippen molar-refractivity contribution in [2.45, 2.75) is 12.4 Å². The summed E-state index contributed by atoms with van der Waals surface area (Å²) < 4.78 is 78.2. The lowest BCUT2D eigenvalue weighted by Gasteiger charge is -2.36. The third-order valence-electron chi connectivity index (χ3n) is 5.92. The summed E-state index contributed by atoms with van der Waals surface area (Å²) in [6.07, 6.45) is -10.0. The summed E-state index contributed by atoms with van der Waals surface area (Å²) in [5.74, 6) is -0.0427. The Bertz CT molecular complexity index is 1250. The molecule has 0 unspecified atom stereocenters. The number of hydrogen-bond acceptors (Lipinski definition) is 3. The standard InChI is InChI=1S/C26H22F6N4O2/c27-25(28,29)18-14-19(26(30,31)32)16-21(15-18)34-24(38)33-20-6-8-22(9-7-20)35-10-12-36(13-11-35)23(37)17-4-2-1-3-5-17/h1-9,14-16H,10-13H2,(H2,33,34,38). The van der Waals surface area contributed by atoms with E-state index < -0.39 is 35.2 Å². The number of urea groups is 1. The van der Waals surface area contributed by atoms with Gasteiger partial charge in [-0.2, -0.15) is 26.3 Å². The number of carbonyl (C=O) groups excluding carboxylic acids is 2. The monoisotopic (exact) mass is 536 g/mol. The maximum absolute atomic E-state index is 13.0. The van der Waals surface area contributed by atoms with Crippen LogP contribution in [-0.4, -0.2) is 43.0 Å². The van der Waals surface area contributed by atoms with Crippen molar-refractivity contribution in [2.75, 3.05) is 41.7 Å². The van der Waals surface area contributed by atoms with E-state index in [4.69, 9.17) is 0 Å². The maximum atomic E-state index is 13.0. The van der Waals surface area contributed by atoms with E-state index in [-0.39, 0.29) is 17.7 Å². The van der Waals surface area contributed by atoms with Crippen LogP contribution in [0.2, 0.25) is 0 Å². The number of piperazine rings is 1. The van der Waals surface area contributed by atoms with Gasteiger partial charge in [-0.15, -0.1) is 0 Å². The fraction of sp³-hybridized carbons (Fsp3) is 0.231. The van der Waals surface area contributed by atoms with Crippen molar-refractivity contribution in [3.05, 3.63) is 89.5 Å². The minimum absolute atomic E-state index is 0.0147. The van der Waals surface area contributed by atoms with E-state index in [1.807, 2.05) is 11.4 Å². The molecular weight excluding hydrogens is 514 g/mol. The van der Waals surface area contributed by atoms with Crippen molar-refractivity contribution in [1.29, 1.82) is 0 Å². The van der Waals surface area contributed by atoms with E-state index in [1.54, 1.807) is 53.4 Å². The van der Waals surface area contributed by atoms with Gasteiger partial charge in [0.2, 0.25) is 0 Å². The average molecular weight is 536 g/mol. The molecule has 1 fully saturated rings. The van der Waals surface area contributed by atoms with E-state index >= 15 is 0 Å². The van der Waals surface area contributed by atoms with Crippen LogP contribution in [-0.2, 0) is 12.4 Å². The second kappa shape index (κ2) is 10.6.